The third kappa shape index (κ3) is 3.59. The molecule has 0 radical (unpaired) electrons. The summed E-state index contributed by atoms with van der Waals surface area (Å²) < 4.78 is 5.41. The van der Waals surface area contributed by atoms with E-state index in [-0.39, 0.29) is 0 Å². The number of hydrogen-bond acceptors (Lipinski definition) is 1. The number of alkyl halides is 1. The molecule has 1 heterocycles. The highest BCUT2D eigenvalue weighted by Gasteiger charge is 2.30. The third-order valence-corrected chi connectivity index (χ3v) is 4.28. The van der Waals surface area contributed by atoms with Crippen LogP contribution in [0, 0.1) is 11.3 Å². The first-order chi connectivity index (χ1) is 6.18. The minimum Gasteiger partial charge on any atom is -0.381 e. The Morgan fingerprint density at radius 2 is 1.92 bits per heavy atom. The number of rotatable bonds is 4. The average Bonchev–Trinajstić information content (AvgIpc) is 2.16. The van der Waals surface area contributed by atoms with Gasteiger partial charge in [0.15, 0.2) is 0 Å². The highest BCUT2D eigenvalue weighted by atomic mass is 79.9. The molecule has 1 nitrogen and oxygen atoms in total. The fourth-order valence-corrected chi connectivity index (χ4v) is 2.69. The van der Waals surface area contributed by atoms with Crippen LogP contribution in [0.5, 0.6) is 0 Å². The van der Waals surface area contributed by atoms with Crippen molar-refractivity contribution in [2.24, 2.45) is 11.3 Å². The predicted molar refractivity (Wildman–Crippen MR) is 60.4 cm³/mol. The summed E-state index contributed by atoms with van der Waals surface area (Å²) in [4.78, 5) is 0. The van der Waals surface area contributed by atoms with Crippen molar-refractivity contribution in [3.63, 3.8) is 0 Å². The Kier molecular flexibility index (Phi) is 4.74. The van der Waals surface area contributed by atoms with Crippen molar-refractivity contribution in [1.82, 2.24) is 0 Å². The van der Waals surface area contributed by atoms with E-state index in [9.17, 15) is 0 Å². The number of halogens is 1. The molecule has 0 aromatic carbocycles. The van der Waals surface area contributed by atoms with Crippen molar-refractivity contribution in [2.45, 2.75) is 39.5 Å². The summed E-state index contributed by atoms with van der Waals surface area (Å²) in [6, 6.07) is 0. The molecular weight excluding hydrogens is 228 g/mol. The van der Waals surface area contributed by atoms with Gasteiger partial charge < -0.3 is 4.74 Å². The molecule has 0 aliphatic carbocycles. The largest absolute Gasteiger partial charge is 0.381 e. The van der Waals surface area contributed by atoms with Gasteiger partial charge in [-0.05, 0) is 30.6 Å². The Hall–Kier alpha value is 0.440. The van der Waals surface area contributed by atoms with Crippen molar-refractivity contribution in [1.29, 1.82) is 0 Å². The molecule has 0 atom stereocenters. The Morgan fingerprint density at radius 3 is 2.38 bits per heavy atom. The summed E-state index contributed by atoms with van der Waals surface area (Å²) in [6.45, 7) is 6.54. The van der Waals surface area contributed by atoms with E-state index in [0.29, 0.717) is 5.41 Å². The second-order valence-electron chi connectivity index (χ2n) is 4.68. The maximum absolute atomic E-state index is 5.41. The lowest BCUT2D eigenvalue weighted by atomic mass is 9.77. The first kappa shape index (κ1) is 11.5. The Bertz CT molecular complexity index is 139. The van der Waals surface area contributed by atoms with Crippen molar-refractivity contribution in [3.8, 4) is 0 Å². The highest BCUT2D eigenvalue weighted by molar-refractivity contribution is 9.09. The lowest BCUT2D eigenvalue weighted by Gasteiger charge is -2.36. The van der Waals surface area contributed by atoms with Gasteiger partial charge in [0.25, 0.3) is 0 Å². The third-order valence-electron chi connectivity index (χ3n) is 3.09. The van der Waals surface area contributed by atoms with E-state index in [1.807, 2.05) is 0 Å². The first-order valence-electron chi connectivity index (χ1n) is 5.32. The molecule has 0 spiro atoms. The second kappa shape index (κ2) is 5.35. The SMILES string of the molecule is CC(C)CCC1(CBr)CCOCC1. The molecule has 0 saturated carbocycles. The zero-order chi connectivity index (χ0) is 9.73. The van der Waals surface area contributed by atoms with Gasteiger partial charge in [-0.1, -0.05) is 36.2 Å². The summed E-state index contributed by atoms with van der Waals surface area (Å²) in [6.07, 6.45) is 5.20. The van der Waals surface area contributed by atoms with E-state index >= 15 is 0 Å². The van der Waals surface area contributed by atoms with Gasteiger partial charge in [-0.3, -0.25) is 0 Å². The van der Waals surface area contributed by atoms with E-state index in [4.69, 9.17) is 4.74 Å². The molecule has 1 aliphatic heterocycles. The topological polar surface area (TPSA) is 9.23 Å². The second-order valence-corrected chi connectivity index (χ2v) is 5.24. The van der Waals surface area contributed by atoms with Gasteiger partial charge in [-0.2, -0.15) is 0 Å². The lowest BCUT2D eigenvalue weighted by Crippen LogP contribution is -2.31. The maximum atomic E-state index is 5.41. The average molecular weight is 249 g/mol. The predicted octanol–water partition coefficient (Wildman–Crippen LogP) is 3.61. The molecule has 0 N–H and O–H groups in total. The summed E-state index contributed by atoms with van der Waals surface area (Å²) in [5.41, 5.74) is 0.544. The summed E-state index contributed by atoms with van der Waals surface area (Å²) >= 11 is 3.66. The van der Waals surface area contributed by atoms with Crippen LogP contribution in [0.4, 0.5) is 0 Å². The molecule has 1 fully saturated rings. The monoisotopic (exact) mass is 248 g/mol. The summed E-state index contributed by atoms with van der Waals surface area (Å²) in [5, 5.41) is 1.15. The fraction of sp³-hybridized carbons (Fsp3) is 1.00. The lowest BCUT2D eigenvalue weighted by molar-refractivity contribution is 0.0204. The van der Waals surface area contributed by atoms with E-state index < -0.39 is 0 Å². The van der Waals surface area contributed by atoms with Crippen LogP contribution in [-0.4, -0.2) is 18.5 Å². The first-order valence-corrected chi connectivity index (χ1v) is 6.44. The molecule has 1 saturated heterocycles. The van der Waals surface area contributed by atoms with Crippen molar-refractivity contribution < 1.29 is 4.74 Å². The van der Waals surface area contributed by atoms with Gasteiger partial charge in [-0.15, -0.1) is 0 Å². The van der Waals surface area contributed by atoms with E-state index in [2.05, 4.69) is 29.8 Å². The Labute approximate surface area is 90.4 Å². The van der Waals surface area contributed by atoms with Crippen LogP contribution in [0.25, 0.3) is 0 Å². The standard InChI is InChI=1S/C11H21BrO/c1-10(2)3-4-11(9-12)5-7-13-8-6-11/h10H,3-9H2,1-2H3. The van der Waals surface area contributed by atoms with Gasteiger partial charge in [0.1, 0.15) is 0 Å². The van der Waals surface area contributed by atoms with E-state index in [1.54, 1.807) is 0 Å². The van der Waals surface area contributed by atoms with Gasteiger partial charge in [0, 0.05) is 18.5 Å². The molecule has 0 unspecified atom stereocenters. The van der Waals surface area contributed by atoms with Crippen LogP contribution in [0.15, 0.2) is 0 Å². The molecule has 78 valence electrons. The van der Waals surface area contributed by atoms with Crippen LogP contribution >= 0.6 is 15.9 Å². The van der Waals surface area contributed by atoms with Gasteiger partial charge >= 0.3 is 0 Å². The maximum Gasteiger partial charge on any atom is 0.0471 e. The zero-order valence-electron chi connectivity index (χ0n) is 8.81. The fourth-order valence-electron chi connectivity index (χ4n) is 1.85. The molecule has 13 heavy (non-hydrogen) atoms. The molecule has 0 amide bonds. The number of ether oxygens (including phenoxy) is 1. The highest BCUT2D eigenvalue weighted by Crippen LogP contribution is 2.37. The molecule has 2 heteroatoms. The van der Waals surface area contributed by atoms with E-state index in [0.717, 1.165) is 24.5 Å². The molecular formula is C11H21BrO. The van der Waals surface area contributed by atoms with Gasteiger partial charge in [-0.25, -0.2) is 0 Å². The van der Waals surface area contributed by atoms with Crippen LogP contribution in [-0.2, 0) is 4.74 Å². The van der Waals surface area contributed by atoms with Crippen molar-refractivity contribution in [3.05, 3.63) is 0 Å². The molecule has 1 aliphatic rings. The van der Waals surface area contributed by atoms with Crippen molar-refractivity contribution in [2.75, 3.05) is 18.5 Å². The summed E-state index contributed by atoms with van der Waals surface area (Å²) in [5.74, 6) is 0.832. The Balaban J connectivity index is 2.38. The molecule has 0 bridgehead atoms. The summed E-state index contributed by atoms with van der Waals surface area (Å²) in [7, 11) is 0. The minimum atomic E-state index is 0.544. The zero-order valence-corrected chi connectivity index (χ0v) is 10.4. The van der Waals surface area contributed by atoms with Crippen LogP contribution < -0.4 is 0 Å². The van der Waals surface area contributed by atoms with Crippen molar-refractivity contribution >= 4 is 15.9 Å². The van der Waals surface area contributed by atoms with Crippen LogP contribution in [0.1, 0.15) is 39.5 Å². The quantitative estimate of drug-likeness (QED) is 0.691. The minimum absolute atomic E-state index is 0.544. The smallest absolute Gasteiger partial charge is 0.0471 e. The van der Waals surface area contributed by atoms with Gasteiger partial charge in [0.2, 0.25) is 0 Å². The number of hydrogen-bond donors (Lipinski definition) is 0. The van der Waals surface area contributed by atoms with Crippen LogP contribution in [0.3, 0.4) is 0 Å². The molecule has 0 aromatic rings. The molecule has 1 rings (SSSR count). The van der Waals surface area contributed by atoms with E-state index in [1.165, 1.54) is 25.7 Å². The Morgan fingerprint density at radius 1 is 1.31 bits per heavy atom. The van der Waals surface area contributed by atoms with Crippen LogP contribution in [0.2, 0.25) is 0 Å². The van der Waals surface area contributed by atoms with Gasteiger partial charge in [0.05, 0.1) is 0 Å². The normalized spacial score (nSPS) is 22.2. The molecule has 0 aromatic heterocycles.